The maximum Gasteiger partial charge on any atom is 0.223 e. The zero-order chi connectivity index (χ0) is 10.6. The maximum absolute atomic E-state index is 8.96. The molecule has 78 valence electrons. The molecule has 1 aromatic heterocycles. The number of nitrogens with one attached hydrogen (secondary N) is 1. The van der Waals surface area contributed by atoms with E-state index in [-0.39, 0.29) is 23.8 Å². The molecule has 1 aromatic rings. The number of nitrogen functional groups attached to an aromatic ring is 1. The van der Waals surface area contributed by atoms with Crippen LogP contribution in [0.5, 0.6) is 0 Å². The van der Waals surface area contributed by atoms with Gasteiger partial charge in [-0.2, -0.15) is 4.98 Å². The van der Waals surface area contributed by atoms with E-state index in [2.05, 4.69) is 15.3 Å². The third-order valence-electron chi connectivity index (χ3n) is 1.78. The number of halogens is 1. The fourth-order valence-corrected chi connectivity index (χ4v) is 1.19. The lowest BCUT2D eigenvalue weighted by Gasteiger charge is -2.14. The summed E-state index contributed by atoms with van der Waals surface area (Å²) in [5.74, 6) is 0.649. The summed E-state index contributed by atoms with van der Waals surface area (Å²) in [7, 11) is 0. The number of hydrogen-bond acceptors (Lipinski definition) is 5. The molecular weight excluding hydrogens is 204 g/mol. The average Bonchev–Trinajstić information content (AvgIpc) is 2.12. The van der Waals surface area contributed by atoms with Crippen molar-refractivity contribution in [3.8, 4) is 0 Å². The fraction of sp³-hybridized carbons (Fsp3) is 0.500. The summed E-state index contributed by atoms with van der Waals surface area (Å²) in [6.07, 6.45) is 0.790. The van der Waals surface area contributed by atoms with E-state index in [9.17, 15) is 0 Å². The minimum atomic E-state index is -0.0413. The van der Waals surface area contributed by atoms with Crippen LogP contribution in [0.2, 0.25) is 5.15 Å². The monoisotopic (exact) mass is 216 g/mol. The van der Waals surface area contributed by atoms with Crippen molar-refractivity contribution >= 4 is 23.4 Å². The van der Waals surface area contributed by atoms with Gasteiger partial charge in [0.1, 0.15) is 11.0 Å². The Morgan fingerprint density at radius 3 is 2.86 bits per heavy atom. The lowest BCUT2D eigenvalue weighted by atomic mass is 10.2. The first-order valence-corrected chi connectivity index (χ1v) is 4.71. The molecule has 0 aromatic carbocycles. The molecule has 0 unspecified atom stereocenters. The van der Waals surface area contributed by atoms with Crippen LogP contribution in [-0.2, 0) is 0 Å². The normalized spacial score (nSPS) is 12.5. The second kappa shape index (κ2) is 4.97. The molecule has 0 aliphatic rings. The van der Waals surface area contributed by atoms with E-state index in [1.807, 2.05) is 6.92 Å². The summed E-state index contributed by atoms with van der Waals surface area (Å²) in [4.78, 5) is 7.65. The highest BCUT2D eigenvalue weighted by atomic mass is 35.5. The van der Waals surface area contributed by atoms with Gasteiger partial charge in [0.2, 0.25) is 5.95 Å². The van der Waals surface area contributed by atoms with Gasteiger partial charge in [0.15, 0.2) is 0 Å². The van der Waals surface area contributed by atoms with Crippen molar-refractivity contribution in [3.63, 3.8) is 0 Å². The Morgan fingerprint density at radius 1 is 1.64 bits per heavy atom. The molecule has 4 N–H and O–H groups in total. The number of aromatic nitrogens is 2. The predicted octanol–water partition coefficient (Wildman–Crippen LogP) is 0.895. The van der Waals surface area contributed by atoms with Crippen LogP contribution in [0.4, 0.5) is 11.8 Å². The standard InChI is InChI=1S/C8H13ClN4O/c1-2-5(4-14)11-7-3-6(9)12-8(10)13-7/h3,5,14H,2,4H2,1H3,(H3,10,11,12,13)/t5-/m1/s1. The minimum absolute atomic E-state index is 0.0397. The Labute approximate surface area is 87.3 Å². The minimum Gasteiger partial charge on any atom is -0.394 e. The number of nitrogens with zero attached hydrogens (tertiary/aromatic N) is 2. The number of aliphatic hydroxyl groups is 1. The van der Waals surface area contributed by atoms with E-state index in [0.29, 0.717) is 5.82 Å². The first-order chi connectivity index (χ1) is 6.65. The molecule has 0 amide bonds. The predicted molar refractivity (Wildman–Crippen MR) is 56.2 cm³/mol. The Morgan fingerprint density at radius 2 is 2.36 bits per heavy atom. The molecule has 1 atom stereocenters. The van der Waals surface area contributed by atoms with Gasteiger partial charge in [0, 0.05) is 6.07 Å². The topological polar surface area (TPSA) is 84.1 Å². The van der Waals surface area contributed by atoms with Crippen LogP contribution < -0.4 is 11.1 Å². The van der Waals surface area contributed by atoms with E-state index in [0.717, 1.165) is 6.42 Å². The lowest BCUT2D eigenvalue weighted by molar-refractivity contribution is 0.271. The Balaban J connectivity index is 2.75. The van der Waals surface area contributed by atoms with Gasteiger partial charge >= 0.3 is 0 Å². The molecule has 0 aliphatic carbocycles. The maximum atomic E-state index is 8.96. The van der Waals surface area contributed by atoms with Gasteiger partial charge in [0.25, 0.3) is 0 Å². The number of hydrogen-bond donors (Lipinski definition) is 3. The SMILES string of the molecule is CC[C@H](CO)Nc1cc(Cl)nc(N)n1. The van der Waals surface area contributed by atoms with Crippen LogP contribution >= 0.6 is 11.6 Å². The van der Waals surface area contributed by atoms with Gasteiger partial charge in [-0.25, -0.2) is 4.98 Å². The number of nitrogens with two attached hydrogens (primary N) is 1. The quantitative estimate of drug-likeness (QED) is 0.652. The van der Waals surface area contributed by atoms with Crippen LogP contribution in [0.1, 0.15) is 13.3 Å². The molecular formula is C8H13ClN4O. The molecule has 0 saturated carbocycles. The smallest absolute Gasteiger partial charge is 0.223 e. The second-order valence-corrected chi connectivity index (χ2v) is 3.25. The van der Waals surface area contributed by atoms with E-state index < -0.39 is 0 Å². The average molecular weight is 217 g/mol. The van der Waals surface area contributed by atoms with Gasteiger partial charge in [0.05, 0.1) is 12.6 Å². The Kier molecular flexibility index (Phi) is 3.91. The summed E-state index contributed by atoms with van der Waals surface area (Å²) < 4.78 is 0. The molecule has 0 fully saturated rings. The highest BCUT2D eigenvalue weighted by molar-refractivity contribution is 6.29. The summed E-state index contributed by atoms with van der Waals surface area (Å²) >= 11 is 5.69. The molecule has 14 heavy (non-hydrogen) atoms. The molecule has 1 heterocycles. The van der Waals surface area contributed by atoms with Crippen LogP contribution in [-0.4, -0.2) is 27.7 Å². The molecule has 0 bridgehead atoms. The van der Waals surface area contributed by atoms with Gasteiger partial charge in [-0.05, 0) is 6.42 Å². The third kappa shape index (κ3) is 3.01. The van der Waals surface area contributed by atoms with Gasteiger partial charge < -0.3 is 16.2 Å². The second-order valence-electron chi connectivity index (χ2n) is 2.87. The van der Waals surface area contributed by atoms with Crippen LogP contribution in [0.3, 0.4) is 0 Å². The highest BCUT2D eigenvalue weighted by Gasteiger charge is 2.06. The highest BCUT2D eigenvalue weighted by Crippen LogP contribution is 2.13. The van der Waals surface area contributed by atoms with Crippen molar-refractivity contribution in [2.24, 2.45) is 0 Å². The molecule has 0 spiro atoms. The van der Waals surface area contributed by atoms with Crippen LogP contribution in [0.15, 0.2) is 6.07 Å². The van der Waals surface area contributed by atoms with Crippen LogP contribution in [0.25, 0.3) is 0 Å². The molecule has 6 heteroatoms. The van der Waals surface area contributed by atoms with E-state index >= 15 is 0 Å². The van der Waals surface area contributed by atoms with Crippen molar-refractivity contribution in [3.05, 3.63) is 11.2 Å². The van der Waals surface area contributed by atoms with Crippen molar-refractivity contribution in [2.75, 3.05) is 17.7 Å². The first-order valence-electron chi connectivity index (χ1n) is 4.33. The first kappa shape index (κ1) is 11.0. The van der Waals surface area contributed by atoms with E-state index in [1.54, 1.807) is 6.07 Å². The van der Waals surface area contributed by atoms with E-state index in [1.165, 1.54) is 0 Å². The largest absolute Gasteiger partial charge is 0.394 e. The lowest BCUT2D eigenvalue weighted by Crippen LogP contribution is -2.23. The summed E-state index contributed by atoms with van der Waals surface area (Å²) in [6.45, 7) is 2.00. The summed E-state index contributed by atoms with van der Waals surface area (Å²) in [5, 5.41) is 12.2. The molecule has 5 nitrogen and oxygen atoms in total. The third-order valence-corrected chi connectivity index (χ3v) is 1.97. The Hall–Kier alpha value is -1.07. The van der Waals surface area contributed by atoms with Gasteiger partial charge in [-0.3, -0.25) is 0 Å². The molecule has 0 aliphatic heterocycles. The fourth-order valence-electron chi connectivity index (χ4n) is 0.995. The van der Waals surface area contributed by atoms with Crippen molar-refractivity contribution in [1.82, 2.24) is 9.97 Å². The number of anilines is 2. The van der Waals surface area contributed by atoms with E-state index in [4.69, 9.17) is 22.4 Å². The number of rotatable bonds is 4. The van der Waals surface area contributed by atoms with Crippen LogP contribution in [0, 0.1) is 0 Å². The number of aliphatic hydroxyl groups excluding tert-OH is 1. The van der Waals surface area contributed by atoms with Crippen molar-refractivity contribution < 1.29 is 5.11 Å². The molecule has 1 rings (SSSR count). The Bertz CT molecular complexity index is 283. The van der Waals surface area contributed by atoms with Crippen molar-refractivity contribution in [1.29, 1.82) is 0 Å². The van der Waals surface area contributed by atoms with Gasteiger partial charge in [-0.1, -0.05) is 18.5 Å². The summed E-state index contributed by atoms with van der Waals surface area (Å²) in [5.41, 5.74) is 5.41. The molecule has 0 saturated heterocycles. The van der Waals surface area contributed by atoms with Crippen molar-refractivity contribution in [2.45, 2.75) is 19.4 Å². The zero-order valence-electron chi connectivity index (χ0n) is 7.87. The van der Waals surface area contributed by atoms with Gasteiger partial charge in [-0.15, -0.1) is 0 Å². The molecule has 0 radical (unpaired) electrons. The zero-order valence-corrected chi connectivity index (χ0v) is 8.62. The summed E-state index contributed by atoms with van der Waals surface area (Å²) in [6, 6.07) is 1.52.